The Morgan fingerprint density at radius 3 is 1.75 bits per heavy atom. The molecule has 6 heteroatoms. The van der Waals surface area contributed by atoms with Crippen molar-refractivity contribution in [2.45, 2.75) is 84.0 Å². The van der Waals surface area contributed by atoms with Crippen LogP contribution in [0.5, 0.6) is 0 Å². The van der Waals surface area contributed by atoms with Crippen molar-refractivity contribution in [1.82, 2.24) is 0 Å². The number of unbranched alkanes of at least 4 members (excludes halogenated alkanes) is 9. The quantitative estimate of drug-likeness (QED) is 0.221. The van der Waals surface area contributed by atoms with Crippen LogP contribution < -0.4 is 29.6 Å². The van der Waals surface area contributed by atoms with Crippen LogP contribution in [-0.4, -0.2) is 13.3 Å². The summed E-state index contributed by atoms with van der Waals surface area (Å²) in [6, 6.07) is 0. The molecule has 0 radical (unpaired) electrons. The maximum absolute atomic E-state index is 9.11. The predicted molar refractivity (Wildman–Crippen MR) is 105 cm³/mol. The molecule has 24 heavy (non-hydrogen) atoms. The van der Waals surface area contributed by atoms with Crippen molar-refractivity contribution < 1.29 is 42.9 Å². The molecule has 0 heterocycles. The zero-order valence-electron chi connectivity index (χ0n) is 15.6. The van der Waals surface area contributed by atoms with Crippen molar-refractivity contribution >= 4 is 20.2 Å². The first-order chi connectivity index (χ1) is 10.9. The molecule has 0 aromatic rings. The van der Waals surface area contributed by atoms with Crippen molar-refractivity contribution in [2.24, 2.45) is 0 Å². The smallest absolute Gasteiger partial charge is 0.343 e. The molecule has 0 saturated carbocycles. The second kappa shape index (κ2) is 23.8. The Morgan fingerprint density at radius 1 is 0.875 bits per heavy atom. The molecule has 3 nitrogen and oxygen atoms in total. The second-order valence-electron chi connectivity index (χ2n) is 5.53. The third-order valence-corrected chi connectivity index (χ3v) is 3.20. The van der Waals surface area contributed by atoms with Crippen LogP contribution in [0.25, 0.3) is 0 Å². The molecule has 0 unspecified atom stereocenters. The molecule has 0 rings (SSSR count). The fourth-order valence-electron chi connectivity index (χ4n) is 1.99. The van der Waals surface area contributed by atoms with Crippen molar-refractivity contribution in [3.05, 3.63) is 31.2 Å². The SMILES string of the molecule is O=S(O)(O)=S.[CH2-]CCCCCCC/C=C\C/C=C\CCCCC.[Na+]. The van der Waals surface area contributed by atoms with E-state index in [-0.39, 0.29) is 29.6 Å². The molecule has 0 aliphatic carbocycles. The molecule has 0 amide bonds. The molecule has 0 aliphatic heterocycles. The van der Waals surface area contributed by atoms with Gasteiger partial charge in [-0.25, -0.2) is 0 Å². The van der Waals surface area contributed by atoms with E-state index in [9.17, 15) is 0 Å². The van der Waals surface area contributed by atoms with Crippen molar-refractivity contribution in [3.8, 4) is 0 Å². The topological polar surface area (TPSA) is 57.5 Å². The van der Waals surface area contributed by atoms with Gasteiger partial charge in [0.1, 0.15) is 0 Å². The van der Waals surface area contributed by atoms with Crippen molar-refractivity contribution in [3.63, 3.8) is 0 Å². The van der Waals surface area contributed by atoms with Gasteiger partial charge in [-0.15, -0.1) is 0 Å². The van der Waals surface area contributed by atoms with Gasteiger partial charge in [0.2, 0.25) is 0 Å². The van der Waals surface area contributed by atoms with Gasteiger partial charge < -0.3 is 6.92 Å². The molecule has 0 aromatic heterocycles. The molecule has 0 atom stereocenters. The number of rotatable bonds is 13. The Bertz CT molecular complexity index is 372. The molecule has 2 N–H and O–H groups in total. The molecule has 0 bridgehead atoms. The summed E-state index contributed by atoms with van der Waals surface area (Å²) < 4.78 is 24.0. The summed E-state index contributed by atoms with van der Waals surface area (Å²) in [5.41, 5.74) is 0. The predicted octanol–water partition coefficient (Wildman–Crippen LogP) is 3.32. The summed E-state index contributed by atoms with van der Waals surface area (Å²) in [7, 11) is -3.83. The van der Waals surface area contributed by atoms with Gasteiger partial charge in [0, 0.05) is 11.2 Å². The van der Waals surface area contributed by atoms with Gasteiger partial charge in [-0.3, -0.25) is 9.11 Å². The zero-order valence-corrected chi connectivity index (χ0v) is 19.3. The summed E-state index contributed by atoms with van der Waals surface area (Å²) in [6.07, 6.45) is 24.9. The fourth-order valence-corrected chi connectivity index (χ4v) is 1.99. The monoisotopic (exact) mass is 386 g/mol. The maximum atomic E-state index is 9.11. The van der Waals surface area contributed by atoms with Crippen LogP contribution in [0.3, 0.4) is 0 Å². The Balaban J connectivity index is -0.000000639. The molecule has 138 valence electrons. The molecule has 0 fully saturated rings. The third-order valence-electron chi connectivity index (χ3n) is 3.20. The van der Waals surface area contributed by atoms with Crippen molar-refractivity contribution in [1.29, 1.82) is 0 Å². The maximum Gasteiger partial charge on any atom is 1.00 e. The summed E-state index contributed by atoms with van der Waals surface area (Å²) >= 11 is 3.47. The first kappa shape index (κ1) is 29.5. The molecule has 0 spiro atoms. The van der Waals surface area contributed by atoms with Gasteiger partial charge in [0.25, 0.3) is 9.05 Å². The van der Waals surface area contributed by atoms with Gasteiger partial charge in [-0.2, -0.15) is 10.6 Å². The van der Waals surface area contributed by atoms with Gasteiger partial charge in [0.05, 0.1) is 0 Å². The Kier molecular flexibility index (Phi) is 29.2. The van der Waals surface area contributed by atoms with Crippen molar-refractivity contribution in [2.75, 3.05) is 0 Å². The Hall–Kier alpha value is 0.770. The van der Waals surface area contributed by atoms with Gasteiger partial charge >= 0.3 is 29.6 Å². The van der Waals surface area contributed by atoms with Crippen LogP contribution in [0.1, 0.15) is 84.0 Å². The van der Waals surface area contributed by atoms with E-state index in [0.717, 1.165) is 12.8 Å². The molecule has 0 aromatic carbocycles. The van der Waals surface area contributed by atoms with E-state index in [1.165, 1.54) is 64.2 Å². The van der Waals surface area contributed by atoms with Gasteiger partial charge in [-0.1, -0.05) is 69.8 Å². The summed E-state index contributed by atoms with van der Waals surface area (Å²) in [5, 5.41) is 0. The zero-order chi connectivity index (χ0) is 17.8. The van der Waals surface area contributed by atoms with Gasteiger partial charge in [-0.05, 0) is 32.1 Å². The molecule has 0 aliphatic rings. The number of hydrogen-bond donors (Lipinski definition) is 2. The average molecular weight is 387 g/mol. The Morgan fingerprint density at radius 2 is 1.29 bits per heavy atom. The van der Waals surface area contributed by atoms with Crippen LogP contribution in [0.4, 0.5) is 0 Å². The van der Waals surface area contributed by atoms with E-state index in [0.29, 0.717) is 0 Å². The second-order valence-corrected chi connectivity index (χ2v) is 7.73. The van der Waals surface area contributed by atoms with Crippen LogP contribution in [0.15, 0.2) is 24.3 Å². The average Bonchev–Trinajstić information content (AvgIpc) is 2.46. The normalized spacial score (nSPS) is 11.3. The van der Waals surface area contributed by atoms with Crippen LogP contribution in [-0.2, 0) is 20.2 Å². The minimum atomic E-state index is -3.83. The van der Waals surface area contributed by atoms with Gasteiger partial charge in [0.15, 0.2) is 0 Å². The Labute approximate surface area is 177 Å². The van der Waals surface area contributed by atoms with Crippen LogP contribution >= 0.6 is 0 Å². The summed E-state index contributed by atoms with van der Waals surface area (Å²) in [4.78, 5) is 0. The minimum absolute atomic E-state index is 0. The largest absolute Gasteiger partial charge is 1.00 e. The summed E-state index contributed by atoms with van der Waals surface area (Å²) in [6.45, 7) is 6.12. The van der Waals surface area contributed by atoms with E-state index in [1.54, 1.807) is 0 Å². The minimum Gasteiger partial charge on any atom is -0.343 e. The summed E-state index contributed by atoms with van der Waals surface area (Å²) in [5.74, 6) is 0. The van der Waals surface area contributed by atoms with E-state index < -0.39 is 9.05 Å². The van der Waals surface area contributed by atoms with E-state index in [2.05, 4.69) is 49.3 Å². The fraction of sp³-hybridized carbons (Fsp3) is 0.722. The first-order valence-corrected chi connectivity index (χ1v) is 11.1. The first-order valence-electron chi connectivity index (χ1n) is 8.71. The third kappa shape index (κ3) is 43.4. The molecule has 0 saturated heterocycles. The number of hydrogen-bond acceptors (Lipinski definition) is 2. The van der Waals surface area contributed by atoms with E-state index >= 15 is 0 Å². The standard InChI is InChI=1S/C18H33.Na.H2O3S2/c1-3-5-7-9-11-13-15-17-18-16-14-12-10-8-6-4-2;;1-5(2,3)4/h12,14,17-18H,1,3-11,13,15-16H2,2H3;;(H2,1,2,3,4)/q-1;+1;/b14-12-,18-17-;;. The molecular formula is C18H35NaO3S2. The van der Waals surface area contributed by atoms with Crippen LogP contribution in [0, 0.1) is 6.92 Å². The van der Waals surface area contributed by atoms with E-state index in [1.807, 2.05) is 0 Å². The number of allylic oxidation sites excluding steroid dienone is 4. The van der Waals surface area contributed by atoms with E-state index in [4.69, 9.17) is 13.3 Å². The molecular weight excluding hydrogens is 351 g/mol. The van der Waals surface area contributed by atoms with Crippen LogP contribution in [0.2, 0.25) is 0 Å².